The molecule has 8 heteroatoms. The maximum atomic E-state index is 11.8. The van der Waals surface area contributed by atoms with E-state index < -0.39 is 0 Å². The summed E-state index contributed by atoms with van der Waals surface area (Å²) in [7, 11) is 1.43. The van der Waals surface area contributed by atoms with E-state index in [-0.39, 0.29) is 11.9 Å². The van der Waals surface area contributed by atoms with Crippen molar-refractivity contribution >= 4 is 17.6 Å². The minimum Gasteiger partial charge on any atom is -0.469 e. The van der Waals surface area contributed by atoms with Crippen LogP contribution in [0.5, 0.6) is 11.5 Å². The van der Waals surface area contributed by atoms with Crippen LogP contribution in [0, 0.1) is 5.92 Å². The van der Waals surface area contributed by atoms with Gasteiger partial charge in [0, 0.05) is 24.2 Å². The fourth-order valence-corrected chi connectivity index (χ4v) is 4.46. The molecule has 1 unspecified atom stereocenters. The lowest BCUT2D eigenvalue weighted by atomic mass is 10.1. The first kappa shape index (κ1) is 23.1. The first-order valence-electron chi connectivity index (χ1n) is 11.3. The van der Waals surface area contributed by atoms with Crippen molar-refractivity contribution in [3.8, 4) is 34.3 Å². The minimum atomic E-state index is -0.146. The van der Waals surface area contributed by atoms with Crippen LogP contribution in [0.2, 0.25) is 5.02 Å². The number of methoxy groups -OCH3 is 1. The predicted octanol–water partition coefficient (Wildman–Crippen LogP) is 5.84. The summed E-state index contributed by atoms with van der Waals surface area (Å²) in [6.45, 7) is 2.25. The third-order valence-corrected chi connectivity index (χ3v) is 6.31. The molecule has 7 nitrogen and oxygen atoms in total. The van der Waals surface area contributed by atoms with Crippen molar-refractivity contribution in [2.45, 2.75) is 13.0 Å². The second-order valence-electron chi connectivity index (χ2n) is 8.42. The lowest BCUT2D eigenvalue weighted by molar-refractivity contribution is -0.144. The normalized spacial score (nSPS) is 15.8. The fourth-order valence-electron chi connectivity index (χ4n) is 4.17. The Bertz CT molecular complexity index is 1310. The van der Waals surface area contributed by atoms with Gasteiger partial charge in [0.15, 0.2) is 0 Å². The topological polar surface area (TPSA) is 77.7 Å². The molecule has 178 valence electrons. The standard InChI is InChI=1S/C27H24ClN3O4/c1-33-27(32)20-13-14-31(17-20)16-18-7-12-23(24(28)15-18)25-29-26(35-30-25)19-8-10-22(11-9-19)34-21-5-3-2-4-6-21/h2-12,15,20H,13-14,16-17H2,1H3. The number of hydrogen-bond donors (Lipinski definition) is 0. The number of carbonyl (C=O) groups is 1. The Morgan fingerprint density at radius 3 is 2.60 bits per heavy atom. The van der Waals surface area contributed by atoms with E-state index in [1.165, 1.54) is 7.11 Å². The predicted molar refractivity (Wildman–Crippen MR) is 132 cm³/mol. The van der Waals surface area contributed by atoms with Crippen molar-refractivity contribution in [1.29, 1.82) is 0 Å². The molecule has 3 aromatic carbocycles. The Morgan fingerprint density at radius 2 is 1.86 bits per heavy atom. The van der Waals surface area contributed by atoms with Crippen LogP contribution in [0.4, 0.5) is 0 Å². The fraction of sp³-hybridized carbons (Fsp3) is 0.222. The SMILES string of the molecule is COC(=O)C1CCN(Cc2ccc(-c3noc(-c4ccc(Oc5ccccc5)cc4)n3)c(Cl)c2)C1. The highest BCUT2D eigenvalue weighted by atomic mass is 35.5. The van der Waals surface area contributed by atoms with Crippen molar-refractivity contribution in [3.05, 3.63) is 83.4 Å². The van der Waals surface area contributed by atoms with Gasteiger partial charge in [-0.2, -0.15) is 4.98 Å². The zero-order chi connectivity index (χ0) is 24.2. The molecule has 0 N–H and O–H groups in total. The van der Waals surface area contributed by atoms with E-state index in [4.69, 9.17) is 25.6 Å². The number of likely N-dealkylation sites (tertiary alicyclic amines) is 1. The summed E-state index contributed by atoms with van der Waals surface area (Å²) in [5.41, 5.74) is 2.54. The Kier molecular flexibility index (Phi) is 6.79. The van der Waals surface area contributed by atoms with Gasteiger partial charge in [-0.3, -0.25) is 9.69 Å². The number of esters is 1. The molecule has 1 aromatic heterocycles. The first-order chi connectivity index (χ1) is 17.1. The second-order valence-corrected chi connectivity index (χ2v) is 8.83. The van der Waals surface area contributed by atoms with E-state index in [1.807, 2.05) is 72.8 Å². The smallest absolute Gasteiger partial charge is 0.310 e. The van der Waals surface area contributed by atoms with Crippen molar-refractivity contribution < 1.29 is 18.8 Å². The highest BCUT2D eigenvalue weighted by Crippen LogP contribution is 2.31. The van der Waals surface area contributed by atoms with Crippen LogP contribution in [0.25, 0.3) is 22.8 Å². The van der Waals surface area contributed by atoms with Gasteiger partial charge in [-0.15, -0.1) is 0 Å². The first-order valence-corrected chi connectivity index (χ1v) is 11.7. The summed E-state index contributed by atoms with van der Waals surface area (Å²) in [6, 6.07) is 22.9. The lowest BCUT2D eigenvalue weighted by Crippen LogP contribution is -2.23. The molecule has 5 rings (SSSR count). The van der Waals surface area contributed by atoms with Gasteiger partial charge in [-0.05, 0) is 67.1 Å². The molecule has 1 aliphatic rings. The summed E-state index contributed by atoms with van der Waals surface area (Å²) < 4.78 is 16.2. The monoisotopic (exact) mass is 489 g/mol. The number of carbonyl (C=O) groups excluding carboxylic acids is 1. The van der Waals surface area contributed by atoms with E-state index in [2.05, 4.69) is 15.0 Å². The van der Waals surface area contributed by atoms with Crippen LogP contribution in [0.1, 0.15) is 12.0 Å². The van der Waals surface area contributed by atoms with Gasteiger partial charge < -0.3 is 14.0 Å². The molecule has 4 aromatic rings. The van der Waals surface area contributed by atoms with Crippen LogP contribution in [-0.2, 0) is 16.1 Å². The highest BCUT2D eigenvalue weighted by molar-refractivity contribution is 6.33. The summed E-state index contributed by atoms with van der Waals surface area (Å²) in [5, 5.41) is 4.67. The number of ether oxygens (including phenoxy) is 2. The molecule has 35 heavy (non-hydrogen) atoms. The molecule has 1 atom stereocenters. The van der Waals surface area contributed by atoms with E-state index in [9.17, 15) is 4.79 Å². The molecule has 2 heterocycles. The van der Waals surface area contributed by atoms with Crippen LogP contribution in [-0.4, -0.2) is 41.2 Å². The van der Waals surface area contributed by atoms with Gasteiger partial charge in [-0.1, -0.05) is 41.0 Å². The second kappa shape index (κ2) is 10.3. The maximum Gasteiger partial charge on any atom is 0.310 e. The van der Waals surface area contributed by atoms with Crippen LogP contribution in [0.3, 0.4) is 0 Å². The molecule has 1 saturated heterocycles. The van der Waals surface area contributed by atoms with Gasteiger partial charge in [0.25, 0.3) is 5.89 Å². The summed E-state index contributed by atoms with van der Waals surface area (Å²) >= 11 is 6.57. The van der Waals surface area contributed by atoms with Crippen LogP contribution < -0.4 is 4.74 Å². The minimum absolute atomic E-state index is 0.0635. The number of para-hydroxylation sites is 1. The molecule has 0 aliphatic carbocycles. The Morgan fingerprint density at radius 1 is 1.09 bits per heavy atom. The average Bonchev–Trinajstić information content (AvgIpc) is 3.55. The maximum absolute atomic E-state index is 11.8. The number of hydrogen-bond acceptors (Lipinski definition) is 7. The molecule has 1 fully saturated rings. The van der Waals surface area contributed by atoms with Crippen LogP contribution in [0.15, 0.2) is 77.3 Å². The van der Waals surface area contributed by atoms with E-state index in [0.717, 1.165) is 29.8 Å². The Balaban J connectivity index is 1.25. The number of aromatic nitrogens is 2. The van der Waals surface area contributed by atoms with Crippen LogP contribution >= 0.6 is 11.6 Å². The summed E-state index contributed by atoms with van der Waals surface area (Å²) in [6.07, 6.45) is 0.809. The third-order valence-electron chi connectivity index (χ3n) is 5.99. The highest BCUT2D eigenvalue weighted by Gasteiger charge is 2.29. The number of halogens is 1. The molecule has 0 bridgehead atoms. The molecule has 0 saturated carbocycles. The molecular weight excluding hydrogens is 466 g/mol. The molecule has 0 radical (unpaired) electrons. The molecule has 1 aliphatic heterocycles. The van der Waals surface area contributed by atoms with E-state index in [1.54, 1.807) is 0 Å². The third kappa shape index (κ3) is 5.37. The van der Waals surface area contributed by atoms with E-state index in [0.29, 0.717) is 41.1 Å². The van der Waals surface area contributed by atoms with Crippen molar-refractivity contribution in [2.75, 3.05) is 20.2 Å². The quantitative estimate of drug-likeness (QED) is 0.301. The Labute approximate surface area is 208 Å². The van der Waals surface area contributed by atoms with Gasteiger partial charge in [-0.25, -0.2) is 0 Å². The largest absolute Gasteiger partial charge is 0.469 e. The van der Waals surface area contributed by atoms with Crippen molar-refractivity contribution in [3.63, 3.8) is 0 Å². The van der Waals surface area contributed by atoms with Gasteiger partial charge in [0.1, 0.15) is 11.5 Å². The van der Waals surface area contributed by atoms with Gasteiger partial charge >= 0.3 is 5.97 Å². The molecular formula is C27H24ClN3O4. The zero-order valence-corrected chi connectivity index (χ0v) is 19.9. The van der Waals surface area contributed by atoms with Crippen molar-refractivity contribution in [1.82, 2.24) is 15.0 Å². The lowest BCUT2D eigenvalue weighted by Gasteiger charge is -2.16. The number of rotatable bonds is 7. The number of nitrogens with zero attached hydrogens (tertiary/aromatic N) is 3. The summed E-state index contributed by atoms with van der Waals surface area (Å²) in [4.78, 5) is 18.5. The Hall–Kier alpha value is -3.68. The zero-order valence-electron chi connectivity index (χ0n) is 19.2. The van der Waals surface area contributed by atoms with Gasteiger partial charge in [0.2, 0.25) is 5.82 Å². The number of benzene rings is 3. The average molecular weight is 490 g/mol. The molecule has 0 amide bonds. The summed E-state index contributed by atoms with van der Waals surface area (Å²) in [5.74, 6) is 2.10. The van der Waals surface area contributed by atoms with E-state index >= 15 is 0 Å². The van der Waals surface area contributed by atoms with Gasteiger partial charge in [0.05, 0.1) is 18.1 Å². The molecule has 0 spiro atoms. The van der Waals surface area contributed by atoms with Crippen molar-refractivity contribution in [2.24, 2.45) is 5.92 Å².